The minimum absolute atomic E-state index is 0. The highest BCUT2D eigenvalue weighted by molar-refractivity contribution is 14.0. The Balaban J connectivity index is 0.00000484. The van der Waals surface area contributed by atoms with Crippen LogP contribution in [0.2, 0.25) is 0 Å². The summed E-state index contributed by atoms with van der Waals surface area (Å²) in [5.41, 5.74) is 0.883. The maximum atomic E-state index is 12.9. The lowest BCUT2D eigenvalue weighted by Gasteiger charge is -2.14. The standard InChI is InChI=1S/C15H23FN4O2.HI/c1-20(2)14(21)11-19-15(17-8-9-22-3)18-10-12-4-6-13(16)7-5-12;/h4-7H,8-11H2,1-3H3,(H2,17,18,19);1H. The SMILES string of the molecule is COCCNC(=NCc1ccc(F)cc1)NCC(=O)N(C)C.I. The molecule has 0 atom stereocenters. The van der Waals surface area contributed by atoms with Crippen molar-refractivity contribution < 1.29 is 13.9 Å². The van der Waals surface area contributed by atoms with E-state index in [0.29, 0.717) is 25.7 Å². The van der Waals surface area contributed by atoms with Crippen molar-refractivity contribution in [2.75, 3.05) is 40.9 Å². The first-order chi connectivity index (χ1) is 10.5. The topological polar surface area (TPSA) is 66.0 Å². The molecule has 2 N–H and O–H groups in total. The largest absolute Gasteiger partial charge is 0.383 e. The molecule has 1 amide bonds. The van der Waals surface area contributed by atoms with E-state index in [1.807, 2.05) is 0 Å². The van der Waals surface area contributed by atoms with E-state index in [9.17, 15) is 9.18 Å². The van der Waals surface area contributed by atoms with Crippen molar-refractivity contribution >= 4 is 35.8 Å². The third-order valence-corrected chi connectivity index (χ3v) is 2.84. The van der Waals surface area contributed by atoms with Gasteiger partial charge in [0.1, 0.15) is 5.82 Å². The molecule has 0 saturated heterocycles. The minimum Gasteiger partial charge on any atom is -0.383 e. The van der Waals surface area contributed by atoms with Gasteiger partial charge in [-0.3, -0.25) is 4.79 Å². The van der Waals surface area contributed by atoms with Crippen LogP contribution in [-0.4, -0.2) is 57.7 Å². The number of benzene rings is 1. The molecular formula is C15H24FIN4O2. The smallest absolute Gasteiger partial charge is 0.241 e. The molecule has 130 valence electrons. The predicted octanol–water partition coefficient (Wildman–Crippen LogP) is 1.21. The molecule has 6 nitrogen and oxygen atoms in total. The fourth-order valence-corrected chi connectivity index (χ4v) is 1.52. The lowest BCUT2D eigenvalue weighted by atomic mass is 10.2. The number of nitrogens with one attached hydrogen (secondary N) is 2. The Morgan fingerprint density at radius 2 is 1.91 bits per heavy atom. The van der Waals surface area contributed by atoms with Gasteiger partial charge in [-0.2, -0.15) is 0 Å². The molecule has 1 aromatic rings. The van der Waals surface area contributed by atoms with E-state index in [4.69, 9.17) is 4.74 Å². The molecule has 0 fully saturated rings. The van der Waals surface area contributed by atoms with Crippen LogP contribution in [0.5, 0.6) is 0 Å². The number of ether oxygens (including phenoxy) is 1. The first kappa shape index (κ1) is 21.6. The van der Waals surface area contributed by atoms with Crippen molar-refractivity contribution in [3.8, 4) is 0 Å². The second kappa shape index (κ2) is 12.1. The molecule has 0 aromatic heterocycles. The number of methoxy groups -OCH3 is 1. The van der Waals surface area contributed by atoms with E-state index < -0.39 is 0 Å². The van der Waals surface area contributed by atoms with Crippen LogP contribution >= 0.6 is 24.0 Å². The lowest BCUT2D eigenvalue weighted by molar-refractivity contribution is -0.127. The highest BCUT2D eigenvalue weighted by Crippen LogP contribution is 2.03. The molecular weight excluding hydrogens is 414 g/mol. The summed E-state index contributed by atoms with van der Waals surface area (Å²) in [5.74, 6) is 0.181. The van der Waals surface area contributed by atoms with Crippen LogP contribution in [0.15, 0.2) is 29.3 Å². The van der Waals surface area contributed by atoms with Gasteiger partial charge in [-0.1, -0.05) is 12.1 Å². The van der Waals surface area contributed by atoms with Crippen LogP contribution in [-0.2, 0) is 16.1 Å². The number of carbonyl (C=O) groups is 1. The van der Waals surface area contributed by atoms with Crippen LogP contribution < -0.4 is 10.6 Å². The summed E-state index contributed by atoms with van der Waals surface area (Å²) in [4.78, 5) is 17.5. The number of guanidine groups is 1. The molecule has 1 rings (SSSR count). The quantitative estimate of drug-likeness (QED) is 0.291. The molecule has 0 aliphatic heterocycles. The molecule has 0 bridgehead atoms. The summed E-state index contributed by atoms with van der Waals surface area (Å²) in [6.07, 6.45) is 0. The average Bonchev–Trinajstić information content (AvgIpc) is 2.50. The minimum atomic E-state index is -0.277. The second-order valence-electron chi connectivity index (χ2n) is 4.85. The summed E-state index contributed by atoms with van der Waals surface area (Å²) in [6, 6.07) is 6.14. The molecule has 23 heavy (non-hydrogen) atoms. The molecule has 0 aliphatic rings. The third-order valence-electron chi connectivity index (χ3n) is 2.84. The fourth-order valence-electron chi connectivity index (χ4n) is 1.52. The van der Waals surface area contributed by atoms with Gasteiger partial charge in [0.2, 0.25) is 5.91 Å². The Morgan fingerprint density at radius 3 is 2.48 bits per heavy atom. The number of hydrogen-bond acceptors (Lipinski definition) is 3. The van der Waals surface area contributed by atoms with Crippen molar-refractivity contribution in [3.05, 3.63) is 35.6 Å². The molecule has 0 spiro atoms. The molecule has 0 aliphatic carbocycles. The van der Waals surface area contributed by atoms with Crippen molar-refractivity contribution in [3.63, 3.8) is 0 Å². The van der Waals surface area contributed by atoms with E-state index in [2.05, 4.69) is 15.6 Å². The predicted molar refractivity (Wildman–Crippen MR) is 99.5 cm³/mol. The Kier molecular flexibility index (Phi) is 11.3. The van der Waals surface area contributed by atoms with E-state index >= 15 is 0 Å². The molecule has 8 heteroatoms. The van der Waals surface area contributed by atoms with Crippen molar-refractivity contribution in [2.24, 2.45) is 4.99 Å². The van der Waals surface area contributed by atoms with Crippen molar-refractivity contribution in [1.82, 2.24) is 15.5 Å². The van der Waals surface area contributed by atoms with Crippen LogP contribution in [0.4, 0.5) is 4.39 Å². The Labute approximate surface area is 153 Å². The Hall–Kier alpha value is -1.42. The van der Waals surface area contributed by atoms with Gasteiger partial charge in [-0.25, -0.2) is 9.38 Å². The third kappa shape index (κ3) is 9.34. The summed E-state index contributed by atoms with van der Waals surface area (Å²) in [6.45, 7) is 1.63. The first-order valence-corrected chi connectivity index (χ1v) is 6.98. The number of likely N-dealkylation sites (N-methyl/N-ethyl adjacent to an activating group) is 1. The number of aliphatic imine (C=N–C) groups is 1. The van der Waals surface area contributed by atoms with E-state index in [1.54, 1.807) is 33.3 Å². The van der Waals surface area contributed by atoms with Crippen molar-refractivity contribution in [1.29, 1.82) is 0 Å². The Morgan fingerprint density at radius 1 is 1.26 bits per heavy atom. The van der Waals surface area contributed by atoms with Gasteiger partial charge >= 0.3 is 0 Å². The van der Waals surface area contributed by atoms with Gasteiger partial charge in [0.05, 0.1) is 19.7 Å². The number of rotatable bonds is 7. The highest BCUT2D eigenvalue weighted by Gasteiger charge is 2.05. The van der Waals surface area contributed by atoms with Gasteiger partial charge in [-0.15, -0.1) is 24.0 Å². The number of amides is 1. The number of nitrogens with zero attached hydrogens (tertiary/aromatic N) is 2. The van der Waals surface area contributed by atoms with E-state index in [0.717, 1.165) is 5.56 Å². The molecule has 0 heterocycles. The maximum absolute atomic E-state index is 12.9. The molecule has 0 saturated carbocycles. The zero-order valence-corrected chi connectivity index (χ0v) is 16.0. The summed E-state index contributed by atoms with van der Waals surface area (Å²) >= 11 is 0. The number of halogens is 2. The van der Waals surface area contributed by atoms with Gasteiger partial charge < -0.3 is 20.3 Å². The van der Waals surface area contributed by atoms with Gasteiger partial charge in [-0.05, 0) is 17.7 Å². The van der Waals surface area contributed by atoms with Gasteiger partial charge in [0.15, 0.2) is 5.96 Å². The van der Waals surface area contributed by atoms with Crippen LogP contribution in [0, 0.1) is 5.82 Å². The van der Waals surface area contributed by atoms with E-state index in [-0.39, 0.29) is 42.2 Å². The summed E-state index contributed by atoms with van der Waals surface area (Å²) in [5, 5.41) is 6.03. The van der Waals surface area contributed by atoms with Crippen LogP contribution in [0.3, 0.4) is 0 Å². The lowest BCUT2D eigenvalue weighted by Crippen LogP contribution is -2.43. The van der Waals surface area contributed by atoms with Crippen molar-refractivity contribution in [2.45, 2.75) is 6.54 Å². The molecule has 0 radical (unpaired) electrons. The zero-order chi connectivity index (χ0) is 16.4. The summed E-state index contributed by atoms with van der Waals surface area (Å²) < 4.78 is 17.8. The zero-order valence-electron chi connectivity index (χ0n) is 13.6. The average molecular weight is 438 g/mol. The molecule has 1 aromatic carbocycles. The monoisotopic (exact) mass is 438 g/mol. The normalized spacial score (nSPS) is 10.7. The first-order valence-electron chi connectivity index (χ1n) is 6.98. The van der Waals surface area contributed by atoms with Crippen LogP contribution in [0.25, 0.3) is 0 Å². The fraction of sp³-hybridized carbons (Fsp3) is 0.467. The number of carbonyl (C=O) groups excluding carboxylic acids is 1. The van der Waals surface area contributed by atoms with Gasteiger partial charge in [0, 0.05) is 27.7 Å². The maximum Gasteiger partial charge on any atom is 0.241 e. The van der Waals surface area contributed by atoms with Gasteiger partial charge in [0.25, 0.3) is 0 Å². The second-order valence-corrected chi connectivity index (χ2v) is 4.85. The van der Waals surface area contributed by atoms with Crippen LogP contribution in [0.1, 0.15) is 5.56 Å². The molecule has 0 unspecified atom stereocenters. The Bertz CT molecular complexity index is 495. The summed E-state index contributed by atoms with van der Waals surface area (Å²) in [7, 11) is 5.00. The number of hydrogen-bond donors (Lipinski definition) is 2. The van der Waals surface area contributed by atoms with E-state index in [1.165, 1.54) is 17.0 Å². The highest BCUT2D eigenvalue weighted by atomic mass is 127.